The minimum Gasteiger partial charge on any atom is -0.485 e. The summed E-state index contributed by atoms with van der Waals surface area (Å²) in [5, 5.41) is 10.6. The summed E-state index contributed by atoms with van der Waals surface area (Å²) in [6.45, 7) is 1.65. The highest BCUT2D eigenvalue weighted by Gasteiger charge is 2.34. The van der Waals surface area contributed by atoms with Crippen LogP contribution >= 0.6 is 0 Å². The van der Waals surface area contributed by atoms with Crippen molar-refractivity contribution in [2.24, 2.45) is 0 Å². The van der Waals surface area contributed by atoms with E-state index in [2.05, 4.69) is 15.5 Å². The van der Waals surface area contributed by atoms with Gasteiger partial charge in [0, 0.05) is 5.39 Å². The second-order valence-electron chi connectivity index (χ2n) is 6.52. The first-order chi connectivity index (χ1) is 13.3. The minimum atomic E-state index is -4.47. The van der Waals surface area contributed by atoms with Crippen LogP contribution in [0.3, 0.4) is 0 Å². The van der Waals surface area contributed by atoms with Gasteiger partial charge in [-0.3, -0.25) is 9.89 Å². The van der Waals surface area contributed by atoms with Gasteiger partial charge in [-0.15, -0.1) is 0 Å². The zero-order chi connectivity index (χ0) is 19.9. The van der Waals surface area contributed by atoms with Gasteiger partial charge in [0.1, 0.15) is 6.61 Å². The van der Waals surface area contributed by atoms with Crippen molar-refractivity contribution in [3.63, 3.8) is 0 Å². The van der Waals surface area contributed by atoms with Crippen LogP contribution in [0.1, 0.15) is 24.1 Å². The van der Waals surface area contributed by atoms with E-state index in [1.807, 2.05) is 25.1 Å². The first kappa shape index (κ1) is 18.1. The van der Waals surface area contributed by atoms with Crippen molar-refractivity contribution in [2.75, 3.05) is 6.61 Å². The number of carbonyl (C=O) groups excluding carboxylic acids is 1. The molecule has 4 rings (SSSR count). The Morgan fingerprint density at radius 2 is 2.07 bits per heavy atom. The van der Waals surface area contributed by atoms with Crippen LogP contribution in [0.2, 0.25) is 0 Å². The van der Waals surface area contributed by atoms with E-state index in [-0.39, 0.29) is 24.1 Å². The summed E-state index contributed by atoms with van der Waals surface area (Å²) in [6, 6.07) is 8.28. The lowest BCUT2D eigenvalue weighted by Crippen LogP contribution is -2.44. The summed E-state index contributed by atoms with van der Waals surface area (Å²) < 4.78 is 49.2. The van der Waals surface area contributed by atoms with Gasteiger partial charge >= 0.3 is 6.18 Å². The highest BCUT2D eigenvalue weighted by atomic mass is 19.4. The molecule has 0 radical (unpaired) electrons. The number of rotatable bonds is 3. The average molecular weight is 391 g/mol. The van der Waals surface area contributed by atoms with Gasteiger partial charge in [-0.05, 0) is 42.8 Å². The molecule has 28 heavy (non-hydrogen) atoms. The molecule has 0 fully saturated rings. The Balaban J connectivity index is 1.44. The smallest absolute Gasteiger partial charge is 0.416 e. The molecule has 3 aromatic rings. The maximum Gasteiger partial charge on any atom is 0.416 e. The van der Waals surface area contributed by atoms with E-state index in [9.17, 15) is 18.0 Å². The van der Waals surface area contributed by atoms with Crippen molar-refractivity contribution in [3.05, 3.63) is 53.7 Å². The lowest BCUT2D eigenvalue weighted by molar-refractivity contribution is -0.138. The van der Waals surface area contributed by atoms with Crippen LogP contribution in [0.5, 0.6) is 11.5 Å². The third kappa shape index (κ3) is 3.47. The van der Waals surface area contributed by atoms with Crippen LogP contribution in [0.25, 0.3) is 10.9 Å². The summed E-state index contributed by atoms with van der Waals surface area (Å²) in [7, 11) is 0. The maximum atomic E-state index is 12.8. The molecule has 2 atom stereocenters. The van der Waals surface area contributed by atoms with Crippen molar-refractivity contribution in [1.82, 2.24) is 15.5 Å². The summed E-state index contributed by atoms with van der Waals surface area (Å²) in [5.74, 6) is -0.338. The van der Waals surface area contributed by atoms with Gasteiger partial charge in [-0.2, -0.15) is 18.3 Å². The molecule has 1 aliphatic rings. The van der Waals surface area contributed by atoms with E-state index >= 15 is 0 Å². The predicted molar refractivity (Wildman–Crippen MR) is 94.0 cm³/mol. The number of ether oxygens (including phenoxy) is 2. The maximum absolute atomic E-state index is 12.8. The normalized spacial score (nSPS) is 17.4. The Bertz CT molecular complexity index is 1030. The van der Waals surface area contributed by atoms with Gasteiger partial charge in [0.25, 0.3) is 5.91 Å². The van der Waals surface area contributed by atoms with Crippen LogP contribution in [-0.4, -0.2) is 28.8 Å². The molecule has 0 saturated heterocycles. The Kier molecular flexibility index (Phi) is 4.37. The standard InChI is InChI=1S/C19H16F3N3O3/c1-10(11-2-4-14-12(6-11)8-23-25-14)24-18(26)17-9-27-16-7-13(19(20,21)22)3-5-15(16)28-17/h2-8,10,17H,9H2,1H3,(H,23,25)(H,24,26)/t10-,17+/m1/s1. The third-order valence-electron chi connectivity index (χ3n) is 4.55. The number of nitrogens with one attached hydrogen (secondary N) is 2. The number of hydrogen-bond acceptors (Lipinski definition) is 4. The third-order valence-corrected chi connectivity index (χ3v) is 4.55. The molecule has 146 valence electrons. The number of amides is 1. The molecule has 0 aliphatic carbocycles. The van der Waals surface area contributed by atoms with Gasteiger partial charge < -0.3 is 14.8 Å². The molecule has 2 heterocycles. The van der Waals surface area contributed by atoms with Crippen molar-refractivity contribution < 1.29 is 27.4 Å². The van der Waals surface area contributed by atoms with Crippen LogP contribution in [0, 0.1) is 0 Å². The molecule has 2 aromatic carbocycles. The quantitative estimate of drug-likeness (QED) is 0.715. The van der Waals surface area contributed by atoms with Crippen molar-refractivity contribution >= 4 is 16.8 Å². The number of H-pyrrole nitrogens is 1. The number of carbonyl (C=O) groups is 1. The number of hydrogen-bond donors (Lipinski definition) is 2. The molecule has 1 aromatic heterocycles. The second-order valence-corrected chi connectivity index (χ2v) is 6.52. The molecule has 1 amide bonds. The molecule has 0 unspecified atom stereocenters. The van der Waals surface area contributed by atoms with Gasteiger partial charge in [-0.25, -0.2) is 0 Å². The fraction of sp³-hybridized carbons (Fsp3) is 0.263. The molecule has 0 spiro atoms. The van der Waals surface area contributed by atoms with Gasteiger partial charge in [-0.1, -0.05) is 6.07 Å². The summed E-state index contributed by atoms with van der Waals surface area (Å²) >= 11 is 0. The lowest BCUT2D eigenvalue weighted by atomic mass is 10.1. The van der Waals surface area contributed by atoms with E-state index in [1.54, 1.807) is 6.20 Å². The molecule has 9 heteroatoms. The number of nitrogens with zero attached hydrogens (tertiary/aromatic N) is 1. The first-order valence-electron chi connectivity index (χ1n) is 8.55. The van der Waals surface area contributed by atoms with Crippen molar-refractivity contribution in [2.45, 2.75) is 25.2 Å². The molecule has 0 saturated carbocycles. The second kappa shape index (κ2) is 6.74. The van der Waals surface area contributed by atoms with E-state index in [1.165, 1.54) is 0 Å². The summed E-state index contributed by atoms with van der Waals surface area (Å²) in [6.07, 6.45) is -3.74. The highest BCUT2D eigenvalue weighted by Crippen LogP contribution is 2.38. The molecular weight excluding hydrogens is 375 g/mol. The van der Waals surface area contributed by atoms with Gasteiger partial charge in [0.15, 0.2) is 11.5 Å². The fourth-order valence-corrected chi connectivity index (χ4v) is 3.00. The topological polar surface area (TPSA) is 76.2 Å². The summed E-state index contributed by atoms with van der Waals surface area (Å²) in [5.41, 5.74) is 0.941. The van der Waals surface area contributed by atoms with Crippen molar-refractivity contribution in [1.29, 1.82) is 0 Å². The Morgan fingerprint density at radius 3 is 2.86 bits per heavy atom. The molecular formula is C19H16F3N3O3. The summed E-state index contributed by atoms with van der Waals surface area (Å²) in [4.78, 5) is 12.5. The SMILES string of the molecule is C[C@@H](NC(=O)[C@@H]1COc2cc(C(F)(F)F)ccc2O1)c1ccc2[nH]ncc2c1. The van der Waals surface area contributed by atoms with Crippen molar-refractivity contribution in [3.8, 4) is 11.5 Å². The van der Waals surface area contributed by atoms with Crippen LogP contribution in [-0.2, 0) is 11.0 Å². The lowest BCUT2D eigenvalue weighted by Gasteiger charge is -2.27. The molecule has 6 nitrogen and oxygen atoms in total. The minimum absolute atomic E-state index is 0.0302. The van der Waals surface area contributed by atoms with Crippen LogP contribution in [0.15, 0.2) is 42.6 Å². The molecule has 2 N–H and O–H groups in total. The van der Waals surface area contributed by atoms with E-state index in [4.69, 9.17) is 9.47 Å². The first-order valence-corrected chi connectivity index (χ1v) is 8.55. The zero-order valence-corrected chi connectivity index (χ0v) is 14.7. The van der Waals surface area contributed by atoms with Crippen LogP contribution < -0.4 is 14.8 Å². The molecule has 1 aliphatic heterocycles. The largest absolute Gasteiger partial charge is 0.485 e. The van der Waals surface area contributed by atoms with Gasteiger partial charge in [0.2, 0.25) is 6.10 Å². The highest BCUT2D eigenvalue weighted by molar-refractivity contribution is 5.83. The van der Waals surface area contributed by atoms with Gasteiger partial charge in [0.05, 0.1) is 23.3 Å². The number of fused-ring (bicyclic) bond motifs is 2. The monoisotopic (exact) mass is 391 g/mol. The Labute approximate surface area is 157 Å². The van der Waals surface area contributed by atoms with E-state index in [0.717, 1.165) is 34.7 Å². The Hall–Kier alpha value is -3.23. The number of alkyl halides is 3. The average Bonchev–Trinajstić information content (AvgIpc) is 3.14. The number of aromatic nitrogens is 2. The zero-order valence-electron chi connectivity index (χ0n) is 14.7. The van der Waals surface area contributed by atoms with E-state index in [0.29, 0.717) is 0 Å². The Morgan fingerprint density at radius 1 is 1.25 bits per heavy atom. The van der Waals surface area contributed by atoms with E-state index < -0.39 is 23.8 Å². The predicted octanol–water partition coefficient (Wildman–Crippen LogP) is 3.60. The fourth-order valence-electron chi connectivity index (χ4n) is 3.00. The number of benzene rings is 2. The molecule has 0 bridgehead atoms. The number of aromatic amines is 1. The number of halogens is 3. The van der Waals surface area contributed by atoms with Crippen LogP contribution in [0.4, 0.5) is 13.2 Å².